The van der Waals surface area contributed by atoms with Gasteiger partial charge >= 0.3 is 0 Å². The lowest BCUT2D eigenvalue weighted by Crippen LogP contribution is -2.31. The summed E-state index contributed by atoms with van der Waals surface area (Å²) in [5.74, 6) is 1.61. The standard InChI is InChI=1S/C20H21ClN8O/c21-16-9-12(5-6-24-16)11-28-7-1-3-13(28)10-14-17(22)25-20(23)29-19(14)26-18(27-29)15-4-2-8-30-15/h2,4-6,8-9,13H,1,3,7,10-11,22H2,(H2,23,25). The van der Waals surface area contributed by atoms with Gasteiger partial charge in [-0.3, -0.25) is 4.90 Å². The Balaban J connectivity index is 1.46. The first-order valence-electron chi connectivity index (χ1n) is 9.77. The summed E-state index contributed by atoms with van der Waals surface area (Å²) in [4.78, 5) is 15.4. The van der Waals surface area contributed by atoms with Gasteiger partial charge in [0.1, 0.15) is 11.0 Å². The highest BCUT2D eigenvalue weighted by atomic mass is 35.5. The Morgan fingerprint density at radius 2 is 2.13 bits per heavy atom. The van der Waals surface area contributed by atoms with Crippen molar-refractivity contribution in [1.82, 2.24) is 29.5 Å². The maximum Gasteiger partial charge on any atom is 0.225 e. The smallest absolute Gasteiger partial charge is 0.225 e. The Bertz CT molecular complexity index is 1190. The predicted octanol–water partition coefficient (Wildman–Crippen LogP) is 2.80. The molecule has 1 aliphatic heterocycles. The zero-order chi connectivity index (χ0) is 20.7. The number of fused-ring (bicyclic) bond motifs is 1. The molecule has 4 N–H and O–H groups in total. The minimum Gasteiger partial charge on any atom is -0.461 e. The zero-order valence-corrected chi connectivity index (χ0v) is 17.0. The fourth-order valence-electron chi connectivity index (χ4n) is 4.07. The second-order valence-electron chi connectivity index (χ2n) is 7.44. The molecule has 1 unspecified atom stereocenters. The number of halogens is 1. The van der Waals surface area contributed by atoms with E-state index >= 15 is 0 Å². The lowest BCUT2D eigenvalue weighted by molar-refractivity contribution is 0.244. The molecule has 0 amide bonds. The highest BCUT2D eigenvalue weighted by molar-refractivity contribution is 6.29. The summed E-state index contributed by atoms with van der Waals surface area (Å²) in [5, 5.41) is 4.97. The fraction of sp³-hybridized carbons (Fsp3) is 0.300. The Kier molecular flexibility index (Phi) is 4.76. The van der Waals surface area contributed by atoms with Crippen LogP contribution in [0.2, 0.25) is 5.15 Å². The van der Waals surface area contributed by atoms with Crippen LogP contribution in [0.3, 0.4) is 0 Å². The minimum absolute atomic E-state index is 0.200. The Hall–Kier alpha value is -3.17. The van der Waals surface area contributed by atoms with E-state index in [0.29, 0.717) is 40.7 Å². The van der Waals surface area contributed by atoms with Crippen molar-refractivity contribution < 1.29 is 4.42 Å². The van der Waals surface area contributed by atoms with E-state index in [-0.39, 0.29) is 5.95 Å². The molecule has 1 fully saturated rings. The van der Waals surface area contributed by atoms with Gasteiger partial charge in [-0.25, -0.2) is 9.97 Å². The number of pyridine rings is 1. The fourth-order valence-corrected chi connectivity index (χ4v) is 4.27. The van der Waals surface area contributed by atoms with E-state index in [1.54, 1.807) is 24.6 Å². The Labute approximate surface area is 177 Å². The molecule has 0 aliphatic carbocycles. The van der Waals surface area contributed by atoms with E-state index in [4.69, 9.17) is 27.5 Å². The van der Waals surface area contributed by atoms with Gasteiger partial charge in [0.05, 0.1) is 6.26 Å². The van der Waals surface area contributed by atoms with Gasteiger partial charge in [-0.2, -0.15) is 9.50 Å². The molecule has 0 radical (unpaired) electrons. The molecule has 0 aromatic carbocycles. The summed E-state index contributed by atoms with van der Waals surface area (Å²) in [5.41, 5.74) is 14.9. The average molecular weight is 425 g/mol. The highest BCUT2D eigenvalue weighted by Gasteiger charge is 2.28. The third-order valence-electron chi connectivity index (χ3n) is 5.50. The molecule has 0 spiro atoms. The lowest BCUT2D eigenvalue weighted by atomic mass is 10.0. The highest BCUT2D eigenvalue weighted by Crippen LogP contribution is 2.29. The first-order chi connectivity index (χ1) is 14.6. The monoisotopic (exact) mass is 424 g/mol. The van der Waals surface area contributed by atoms with Crippen molar-refractivity contribution in [2.45, 2.75) is 31.8 Å². The van der Waals surface area contributed by atoms with Crippen LogP contribution in [0.1, 0.15) is 24.0 Å². The average Bonchev–Trinajstić information content (AvgIpc) is 3.46. The number of hydrogen-bond acceptors (Lipinski definition) is 8. The van der Waals surface area contributed by atoms with Crippen molar-refractivity contribution in [3.05, 3.63) is 53.0 Å². The molecular formula is C20H21ClN8O. The largest absolute Gasteiger partial charge is 0.461 e. The van der Waals surface area contributed by atoms with Crippen LogP contribution >= 0.6 is 11.6 Å². The molecule has 9 nitrogen and oxygen atoms in total. The molecule has 10 heteroatoms. The van der Waals surface area contributed by atoms with Crippen molar-refractivity contribution in [3.8, 4) is 11.6 Å². The summed E-state index contributed by atoms with van der Waals surface area (Å²) in [6.07, 6.45) is 6.21. The summed E-state index contributed by atoms with van der Waals surface area (Å²) in [6, 6.07) is 7.80. The van der Waals surface area contributed by atoms with Crippen LogP contribution in [-0.2, 0) is 13.0 Å². The van der Waals surface area contributed by atoms with Crippen molar-refractivity contribution in [2.24, 2.45) is 0 Å². The van der Waals surface area contributed by atoms with Crippen molar-refractivity contribution in [1.29, 1.82) is 0 Å². The molecule has 1 atom stereocenters. The molecule has 30 heavy (non-hydrogen) atoms. The minimum atomic E-state index is 0.200. The van der Waals surface area contributed by atoms with Crippen LogP contribution in [0.15, 0.2) is 41.1 Å². The quantitative estimate of drug-likeness (QED) is 0.468. The van der Waals surface area contributed by atoms with Crippen LogP contribution in [0, 0.1) is 0 Å². The molecule has 0 saturated carbocycles. The third-order valence-corrected chi connectivity index (χ3v) is 5.70. The second kappa shape index (κ2) is 7.58. The summed E-state index contributed by atoms with van der Waals surface area (Å²) in [6.45, 7) is 1.81. The number of nitrogens with two attached hydrogens (primary N) is 2. The molecule has 5 heterocycles. The molecule has 4 aromatic rings. The zero-order valence-electron chi connectivity index (χ0n) is 16.2. The van der Waals surface area contributed by atoms with Crippen LogP contribution < -0.4 is 11.5 Å². The van der Waals surface area contributed by atoms with Gasteiger partial charge in [-0.1, -0.05) is 11.6 Å². The Morgan fingerprint density at radius 1 is 1.23 bits per heavy atom. The predicted molar refractivity (Wildman–Crippen MR) is 114 cm³/mol. The Morgan fingerprint density at radius 3 is 2.93 bits per heavy atom. The third kappa shape index (κ3) is 3.46. The van der Waals surface area contributed by atoms with Gasteiger partial charge in [-0.15, -0.1) is 5.10 Å². The molecular weight excluding hydrogens is 404 g/mol. The lowest BCUT2D eigenvalue weighted by Gasteiger charge is -2.25. The maximum absolute atomic E-state index is 6.27. The number of nitrogen functional groups attached to an aromatic ring is 2. The molecule has 154 valence electrons. The molecule has 1 saturated heterocycles. The van der Waals surface area contributed by atoms with Crippen molar-refractivity contribution in [3.63, 3.8) is 0 Å². The molecule has 4 aromatic heterocycles. The number of aromatic nitrogens is 5. The first-order valence-corrected chi connectivity index (χ1v) is 10.2. The first kappa shape index (κ1) is 18.8. The second-order valence-corrected chi connectivity index (χ2v) is 7.83. The van der Waals surface area contributed by atoms with Crippen LogP contribution in [-0.4, -0.2) is 42.1 Å². The topological polar surface area (TPSA) is 124 Å². The number of rotatable bonds is 5. The van der Waals surface area contributed by atoms with E-state index in [0.717, 1.165) is 37.1 Å². The van der Waals surface area contributed by atoms with Crippen LogP contribution in [0.4, 0.5) is 11.8 Å². The van der Waals surface area contributed by atoms with E-state index in [1.807, 2.05) is 12.1 Å². The number of anilines is 2. The van der Waals surface area contributed by atoms with Crippen LogP contribution in [0.25, 0.3) is 17.2 Å². The number of hydrogen-bond donors (Lipinski definition) is 2. The summed E-state index contributed by atoms with van der Waals surface area (Å²) >= 11 is 6.05. The van der Waals surface area contributed by atoms with Gasteiger partial charge in [-0.05, 0) is 55.6 Å². The molecule has 0 bridgehead atoms. The van der Waals surface area contributed by atoms with E-state index < -0.39 is 0 Å². The van der Waals surface area contributed by atoms with Gasteiger partial charge < -0.3 is 15.9 Å². The number of nitrogens with zero attached hydrogens (tertiary/aromatic N) is 6. The van der Waals surface area contributed by atoms with Gasteiger partial charge in [0, 0.05) is 24.3 Å². The van der Waals surface area contributed by atoms with Gasteiger partial charge in [0.2, 0.25) is 11.8 Å². The SMILES string of the molecule is Nc1nc(N)n2nc(-c3ccco3)nc2c1CC1CCCN1Cc1ccnc(Cl)c1. The van der Waals surface area contributed by atoms with E-state index in [2.05, 4.69) is 25.0 Å². The van der Waals surface area contributed by atoms with E-state index in [1.165, 1.54) is 4.52 Å². The number of likely N-dealkylation sites (tertiary alicyclic amines) is 1. The summed E-state index contributed by atoms with van der Waals surface area (Å²) in [7, 11) is 0. The normalized spacial score (nSPS) is 17.2. The summed E-state index contributed by atoms with van der Waals surface area (Å²) < 4.78 is 6.96. The van der Waals surface area contributed by atoms with E-state index in [9.17, 15) is 0 Å². The van der Waals surface area contributed by atoms with Crippen LogP contribution in [0.5, 0.6) is 0 Å². The number of furan rings is 1. The van der Waals surface area contributed by atoms with Crippen molar-refractivity contribution >= 4 is 29.0 Å². The molecule has 5 rings (SSSR count). The van der Waals surface area contributed by atoms with Gasteiger partial charge in [0.15, 0.2) is 11.4 Å². The van der Waals surface area contributed by atoms with Crippen molar-refractivity contribution in [2.75, 3.05) is 18.0 Å². The molecule has 1 aliphatic rings. The van der Waals surface area contributed by atoms with Gasteiger partial charge in [0.25, 0.3) is 0 Å². The maximum atomic E-state index is 6.27.